The Balaban J connectivity index is 1.39. The summed E-state index contributed by atoms with van der Waals surface area (Å²) in [5.74, 6) is -0.644. The smallest absolute Gasteiger partial charge is 0.283 e. The zero-order valence-electron chi connectivity index (χ0n) is 20.0. The number of rotatable bonds is 9. The van der Waals surface area contributed by atoms with Crippen molar-refractivity contribution in [2.45, 2.75) is 26.7 Å². The van der Waals surface area contributed by atoms with E-state index in [-0.39, 0.29) is 23.1 Å². The first-order valence-electron chi connectivity index (χ1n) is 11.7. The van der Waals surface area contributed by atoms with E-state index >= 15 is 0 Å². The SMILES string of the molecule is CCOc1ccc(N2C(=O)C(Cl)=C(Nc3ccc(CC(=O)Nc4ccc(CC)cc4)cc3)C2=O)cc1. The fraction of sp³-hybridized carbons (Fsp3) is 0.179. The summed E-state index contributed by atoms with van der Waals surface area (Å²) < 4.78 is 5.41. The van der Waals surface area contributed by atoms with Crippen LogP contribution in [0.3, 0.4) is 0 Å². The number of amides is 3. The van der Waals surface area contributed by atoms with Crippen LogP contribution in [-0.4, -0.2) is 24.3 Å². The van der Waals surface area contributed by atoms with Gasteiger partial charge >= 0.3 is 0 Å². The standard InChI is InChI=1S/C28H26ClN3O4/c1-3-18-5-9-20(10-6-18)30-24(33)17-19-7-11-21(12-8-19)31-26-25(29)27(34)32(28(26)35)22-13-15-23(16-14-22)36-4-2/h5-16,31H,3-4,17H2,1-2H3,(H,30,33). The molecule has 4 rings (SSSR count). The Labute approximate surface area is 214 Å². The molecule has 0 bridgehead atoms. The van der Waals surface area contributed by atoms with Gasteiger partial charge in [0.1, 0.15) is 16.5 Å². The van der Waals surface area contributed by atoms with Gasteiger partial charge in [-0.3, -0.25) is 14.4 Å². The Bertz CT molecular complexity index is 1300. The highest BCUT2D eigenvalue weighted by molar-refractivity contribution is 6.53. The van der Waals surface area contributed by atoms with Crippen molar-refractivity contribution in [2.24, 2.45) is 0 Å². The van der Waals surface area contributed by atoms with Gasteiger partial charge in [0.25, 0.3) is 11.8 Å². The van der Waals surface area contributed by atoms with Gasteiger partial charge in [-0.05, 0) is 73.0 Å². The Morgan fingerprint density at radius 2 is 1.44 bits per heavy atom. The molecule has 36 heavy (non-hydrogen) atoms. The summed E-state index contributed by atoms with van der Waals surface area (Å²) in [7, 11) is 0. The zero-order chi connectivity index (χ0) is 25.7. The second-order valence-electron chi connectivity index (χ2n) is 8.16. The number of aryl methyl sites for hydroxylation is 1. The van der Waals surface area contributed by atoms with E-state index in [4.69, 9.17) is 16.3 Å². The van der Waals surface area contributed by atoms with Crippen LogP contribution in [0.25, 0.3) is 0 Å². The van der Waals surface area contributed by atoms with Crippen molar-refractivity contribution in [1.82, 2.24) is 0 Å². The van der Waals surface area contributed by atoms with Crippen LogP contribution < -0.4 is 20.3 Å². The number of nitrogens with one attached hydrogen (secondary N) is 2. The maximum Gasteiger partial charge on any atom is 0.283 e. The average Bonchev–Trinajstić information content (AvgIpc) is 3.09. The quantitative estimate of drug-likeness (QED) is 0.389. The van der Waals surface area contributed by atoms with Crippen molar-refractivity contribution >= 4 is 46.4 Å². The summed E-state index contributed by atoms with van der Waals surface area (Å²) in [6.07, 6.45) is 1.14. The zero-order valence-corrected chi connectivity index (χ0v) is 20.8. The van der Waals surface area contributed by atoms with Gasteiger partial charge in [0, 0.05) is 11.4 Å². The van der Waals surface area contributed by atoms with Crippen molar-refractivity contribution in [3.05, 3.63) is 94.7 Å². The molecule has 8 heteroatoms. The minimum absolute atomic E-state index is 0.00318. The summed E-state index contributed by atoms with van der Waals surface area (Å²) in [5.41, 5.74) is 3.71. The molecule has 0 unspecified atom stereocenters. The van der Waals surface area contributed by atoms with Gasteiger partial charge in [-0.2, -0.15) is 0 Å². The predicted octanol–water partition coefficient (Wildman–Crippen LogP) is 5.26. The molecule has 0 atom stereocenters. The van der Waals surface area contributed by atoms with Crippen molar-refractivity contribution in [3.63, 3.8) is 0 Å². The third kappa shape index (κ3) is 5.58. The molecule has 184 valence electrons. The number of imide groups is 1. The van der Waals surface area contributed by atoms with Crippen LogP contribution in [0.4, 0.5) is 17.1 Å². The molecular weight excluding hydrogens is 478 g/mol. The lowest BCUT2D eigenvalue weighted by Crippen LogP contribution is -2.32. The number of carbonyl (C=O) groups is 3. The van der Waals surface area contributed by atoms with Crippen LogP contribution in [0.15, 0.2) is 83.5 Å². The summed E-state index contributed by atoms with van der Waals surface area (Å²) in [5, 5.41) is 5.64. The van der Waals surface area contributed by atoms with Gasteiger partial charge in [-0.15, -0.1) is 0 Å². The van der Waals surface area contributed by atoms with Crippen LogP contribution in [0, 0.1) is 0 Å². The Morgan fingerprint density at radius 3 is 2.06 bits per heavy atom. The largest absolute Gasteiger partial charge is 0.494 e. The number of hydrogen-bond donors (Lipinski definition) is 2. The van der Waals surface area contributed by atoms with Gasteiger partial charge in [-0.1, -0.05) is 42.8 Å². The Hall–Kier alpha value is -4.10. The van der Waals surface area contributed by atoms with Crippen molar-refractivity contribution in [2.75, 3.05) is 22.1 Å². The maximum atomic E-state index is 13.0. The van der Waals surface area contributed by atoms with Gasteiger partial charge in [0.2, 0.25) is 5.91 Å². The highest BCUT2D eigenvalue weighted by Crippen LogP contribution is 2.31. The third-order valence-corrected chi connectivity index (χ3v) is 6.02. The van der Waals surface area contributed by atoms with E-state index in [9.17, 15) is 14.4 Å². The first-order valence-corrected chi connectivity index (χ1v) is 12.0. The molecule has 3 amide bonds. The molecule has 7 nitrogen and oxygen atoms in total. The maximum absolute atomic E-state index is 13.0. The second-order valence-corrected chi connectivity index (χ2v) is 8.54. The number of ether oxygens (including phenoxy) is 1. The van der Waals surface area contributed by atoms with Gasteiger partial charge < -0.3 is 15.4 Å². The van der Waals surface area contributed by atoms with E-state index < -0.39 is 11.8 Å². The van der Waals surface area contributed by atoms with Gasteiger partial charge in [0.15, 0.2) is 0 Å². The molecule has 3 aromatic carbocycles. The minimum Gasteiger partial charge on any atom is -0.494 e. The summed E-state index contributed by atoms with van der Waals surface area (Å²) in [4.78, 5) is 39.1. The van der Waals surface area contributed by atoms with E-state index in [1.807, 2.05) is 31.2 Å². The molecule has 1 heterocycles. The Kier molecular flexibility index (Phi) is 7.71. The van der Waals surface area contributed by atoms with Gasteiger partial charge in [-0.25, -0.2) is 4.90 Å². The Morgan fingerprint density at radius 1 is 0.833 bits per heavy atom. The molecular formula is C28H26ClN3O4. The molecule has 0 saturated heterocycles. The van der Waals surface area contributed by atoms with Crippen LogP contribution in [0.1, 0.15) is 25.0 Å². The van der Waals surface area contributed by atoms with Gasteiger partial charge in [0.05, 0.1) is 18.7 Å². The lowest BCUT2D eigenvalue weighted by Gasteiger charge is -2.15. The summed E-state index contributed by atoms with van der Waals surface area (Å²) in [6.45, 7) is 4.46. The number of benzene rings is 3. The monoisotopic (exact) mass is 503 g/mol. The topological polar surface area (TPSA) is 87.7 Å². The van der Waals surface area contributed by atoms with E-state index in [0.29, 0.717) is 23.7 Å². The highest BCUT2D eigenvalue weighted by Gasteiger charge is 2.38. The molecule has 0 radical (unpaired) electrons. The molecule has 0 saturated carbocycles. The predicted molar refractivity (Wildman–Crippen MR) is 141 cm³/mol. The summed E-state index contributed by atoms with van der Waals surface area (Å²) >= 11 is 6.22. The molecule has 3 aromatic rings. The molecule has 0 spiro atoms. The molecule has 0 fully saturated rings. The lowest BCUT2D eigenvalue weighted by atomic mass is 10.1. The fourth-order valence-corrected chi connectivity index (χ4v) is 3.98. The average molecular weight is 504 g/mol. The number of halogens is 1. The van der Waals surface area contributed by atoms with Crippen molar-refractivity contribution in [3.8, 4) is 5.75 Å². The van der Waals surface area contributed by atoms with Crippen molar-refractivity contribution < 1.29 is 19.1 Å². The fourth-order valence-electron chi connectivity index (χ4n) is 3.77. The summed E-state index contributed by atoms with van der Waals surface area (Å²) in [6, 6.07) is 21.4. The van der Waals surface area contributed by atoms with E-state index in [0.717, 1.165) is 22.6 Å². The molecule has 0 aromatic heterocycles. The van der Waals surface area contributed by atoms with Crippen LogP contribution in [0.5, 0.6) is 5.75 Å². The molecule has 1 aliphatic heterocycles. The molecule has 2 N–H and O–H groups in total. The lowest BCUT2D eigenvalue weighted by molar-refractivity contribution is -0.120. The van der Waals surface area contributed by atoms with Crippen LogP contribution in [0.2, 0.25) is 0 Å². The third-order valence-electron chi connectivity index (χ3n) is 5.67. The molecule has 0 aliphatic carbocycles. The second kappa shape index (κ2) is 11.1. The normalized spacial score (nSPS) is 13.2. The number of nitrogens with zero attached hydrogens (tertiary/aromatic N) is 1. The number of carbonyl (C=O) groups excluding carboxylic acids is 3. The van der Waals surface area contributed by atoms with E-state index in [1.54, 1.807) is 48.5 Å². The first-order chi connectivity index (χ1) is 17.4. The number of anilines is 3. The molecule has 1 aliphatic rings. The minimum atomic E-state index is -0.603. The van der Waals surface area contributed by atoms with Crippen molar-refractivity contribution in [1.29, 1.82) is 0 Å². The highest BCUT2D eigenvalue weighted by atomic mass is 35.5. The van der Waals surface area contributed by atoms with Crippen LogP contribution in [-0.2, 0) is 27.2 Å². The van der Waals surface area contributed by atoms with E-state index in [1.165, 1.54) is 5.56 Å². The van der Waals surface area contributed by atoms with Crippen LogP contribution >= 0.6 is 11.6 Å². The number of hydrogen-bond acceptors (Lipinski definition) is 5. The first kappa shape index (κ1) is 25.0. The van der Waals surface area contributed by atoms with E-state index in [2.05, 4.69) is 17.6 Å².